The Balaban J connectivity index is 2.01. The highest BCUT2D eigenvalue weighted by atomic mass is 35.5. The first kappa shape index (κ1) is 13.6. The Labute approximate surface area is 123 Å². The third kappa shape index (κ3) is 2.60. The fourth-order valence-corrected chi connectivity index (χ4v) is 2.19. The van der Waals surface area contributed by atoms with Crippen LogP contribution in [0.5, 0.6) is 0 Å². The molecule has 0 fully saturated rings. The van der Waals surface area contributed by atoms with Crippen LogP contribution in [0.1, 0.15) is 11.6 Å². The highest BCUT2D eigenvalue weighted by Crippen LogP contribution is 2.23. The highest BCUT2D eigenvalue weighted by molar-refractivity contribution is 6.28. The summed E-state index contributed by atoms with van der Waals surface area (Å²) in [6.07, 6.45) is 3.40. The number of hydrogen-bond acceptors (Lipinski definition) is 6. The number of imidazole rings is 1. The Bertz CT molecular complexity index is 837. The Hall–Kier alpha value is -2.39. The molecule has 4 N–H and O–H groups in total. The zero-order chi connectivity index (χ0) is 15.0. The van der Waals surface area contributed by atoms with Gasteiger partial charge in [0.25, 0.3) is 0 Å². The maximum atomic E-state index is 11.4. The lowest BCUT2D eigenvalue weighted by molar-refractivity contribution is 0.276. The van der Waals surface area contributed by atoms with Gasteiger partial charge in [0.1, 0.15) is 5.52 Å². The molecule has 0 aliphatic rings. The van der Waals surface area contributed by atoms with Crippen LogP contribution in [0.2, 0.25) is 5.28 Å². The minimum atomic E-state index is -0.439. The van der Waals surface area contributed by atoms with Gasteiger partial charge < -0.3 is 15.4 Å². The number of H-pyrrole nitrogens is 2. The van der Waals surface area contributed by atoms with Gasteiger partial charge in [0, 0.05) is 18.8 Å². The van der Waals surface area contributed by atoms with Crippen LogP contribution in [-0.2, 0) is 7.05 Å². The second-order valence-corrected chi connectivity index (χ2v) is 4.81. The number of anilines is 1. The molecule has 0 saturated heterocycles. The van der Waals surface area contributed by atoms with Crippen LogP contribution in [-0.4, -0.2) is 41.4 Å². The van der Waals surface area contributed by atoms with Crippen molar-refractivity contribution in [2.75, 3.05) is 11.9 Å². The van der Waals surface area contributed by atoms with Crippen LogP contribution in [0.15, 0.2) is 17.2 Å². The first-order valence-electron chi connectivity index (χ1n) is 6.08. The van der Waals surface area contributed by atoms with Gasteiger partial charge in [0.2, 0.25) is 5.28 Å². The lowest BCUT2D eigenvalue weighted by Gasteiger charge is -2.15. The molecule has 0 aliphatic carbocycles. The smallest absolute Gasteiger partial charge is 0.325 e. The van der Waals surface area contributed by atoms with Gasteiger partial charge in [-0.3, -0.25) is 9.67 Å². The standard InChI is InChI=1S/C11H12ClN7O2/c1-19-3-5(2-13-19)6(4-20)14-8-7-9(17-10(12)16-8)18-11(21)15-7/h2-3,6,20H,4H2,1H3,(H3,14,15,16,17,18,21). The second kappa shape index (κ2) is 5.19. The molecule has 0 amide bonds. The van der Waals surface area contributed by atoms with Crippen LogP contribution in [0.3, 0.4) is 0 Å². The molecule has 0 radical (unpaired) electrons. The molecule has 3 rings (SSSR count). The molecule has 0 saturated carbocycles. The van der Waals surface area contributed by atoms with E-state index in [0.717, 1.165) is 5.56 Å². The molecular weight excluding hydrogens is 298 g/mol. The normalized spacial score (nSPS) is 12.7. The molecule has 1 unspecified atom stereocenters. The van der Waals surface area contributed by atoms with Gasteiger partial charge in [-0.1, -0.05) is 0 Å². The largest absolute Gasteiger partial charge is 0.394 e. The first-order valence-corrected chi connectivity index (χ1v) is 6.46. The summed E-state index contributed by atoms with van der Waals surface area (Å²) >= 11 is 5.83. The van der Waals surface area contributed by atoms with E-state index >= 15 is 0 Å². The molecular formula is C11H12ClN7O2. The van der Waals surface area contributed by atoms with E-state index in [0.29, 0.717) is 17.0 Å². The van der Waals surface area contributed by atoms with Crippen LogP contribution in [0.25, 0.3) is 11.2 Å². The Morgan fingerprint density at radius 3 is 2.95 bits per heavy atom. The number of aliphatic hydroxyl groups excluding tert-OH is 1. The predicted octanol–water partition coefficient (Wildman–Crippen LogP) is 0.179. The van der Waals surface area contributed by atoms with Crippen molar-refractivity contribution in [3.63, 3.8) is 0 Å². The third-order valence-electron chi connectivity index (χ3n) is 2.97. The lowest BCUT2D eigenvalue weighted by atomic mass is 10.2. The average molecular weight is 310 g/mol. The quantitative estimate of drug-likeness (QED) is 0.510. The number of nitrogens with one attached hydrogen (secondary N) is 3. The number of aliphatic hydroxyl groups is 1. The molecule has 110 valence electrons. The van der Waals surface area contributed by atoms with E-state index in [-0.39, 0.29) is 11.9 Å². The molecule has 21 heavy (non-hydrogen) atoms. The molecule has 10 heteroatoms. The molecule has 3 heterocycles. The summed E-state index contributed by atoms with van der Waals surface area (Å²) < 4.78 is 1.63. The number of aryl methyl sites for hydroxylation is 1. The maximum Gasteiger partial charge on any atom is 0.325 e. The highest BCUT2D eigenvalue weighted by Gasteiger charge is 2.17. The SMILES string of the molecule is Cn1cc(C(CO)Nc2nc(Cl)nc3[nH]c(=O)[nH]c23)cn1. The lowest BCUT2D eigenvalue weighted by Crippen LogP contribution is -2.16. The minimum Gasteiger partial charge on any atom is -0.394 e. The van der Waals surface area contributed by atoms with Crippen molar-refractivity contribution in [1.82, 2.24) is 29.7 Å². The molecule has 1 atom stereocenters. The summed E-state index contributed by atoms with van der Waals surface area (Å²) in [6, 6.07) is -0.439. The number of fused-ring (bicyclic) bond motifs is 1. The molecule has 9 nitrogen and oxygen atoms in total. The van der Waals surface area contributed by atoms with Gasteiger partial charge in [-0.2, -0.15) is 15.1 Å². The van der Waals surface area contributed by atoms with Gasteiger partial charge in [-0.15, -0.1) is 0 Å². The zero-order valence-corrected chi connectivity index (χ0v) is 11.7. The van der Waals surface area contributed by atoms with Gasteiger partial charge in [0.05, 0.1) is 18.8 Å². The summed E-state index contributed by atoms with van der Waals surface area (Å²) in [4.78, 5) is 24.4. The van der Waals surface area contributed by atoms with E-state index in [1.165, 1.54) is 0 Å². The van der Waals surface area contributed by atoms with Crippen molar-refractivity contribution in [2.24, 2.45) is 7.05 Å². The van der Waals surface area contributed by atoms with Crippen LogP contribution in [0, 0.1) is 0 Å². The van der Waals surface area contributed by atoms with E-state index in [2.05, 4.69) is 30.4 Å². The number of halogens is 1. The number of hydrogen-bond donors (Lipinski definition) is 4. The Morgan fingerprint density at radius 2 is 2.29 bits per heavy atom. The van der Waals surface area contributed by atoms with Crippen LogP contribution >= 0.6 is 11.6 Å². The van der Waals surface area contributed by atoms with E-state index in [1.54, 1.807) is 24.1 Å². The van der Waals surface area contributed by atoms with Gasteiger partial charge >= 0.3 is 5.69 Å². The van der Waals surface area contributed by atoms with Crippen LogP contribution in [0.4, 0.5) is 5.82 Å². The second-order valence-electron chi connectivity index (χ2n) is 4.47. The van der Waals surface area contributed by atoms with Gasteiger partial charge in [0.15, 0.2) is 11.5 Å². The molecule has 0 spiro atoms. The van der Waals surface area contributed by atoms with E-state index in [9.17, 15) is 9.90 Å². The third-order valence-corrected chi connectivity index (χ3v) is 3.14. The number of aromatic amines is 2. The summed E-state index contributed by atoms with van der Waals surface area (Å²) in [7, 11) is 1.78. The van der Waals surface area contributed by atoms with Crippen LogP contribution < -0.4 is 11.0 Å². The fourth-order valence-electron chi connectivity index (χ4n) is 2.02. The number of aromatic nitrogens is 6. The van der Waals surface area contributed by atoms with Crippen molar-refractivity contribution in [2.45, 2.75) is 6.04 Å². The summed E-state index contributed by atoms with van der Waals surface area (Å²) in [5.41, 5.74) is 1.06. The van der Waals surface area contributed by atoms with E-state index in [1.807, 2.05) is 0 Å². The van der Waals surface area contributed by atoms with E-state index in [4.69, 9.17) is 11.6 Å². The van der Waals surface area contributed by atoms with Crippen molar-refractivity contribution in [3.05, 3.63) is 33.7 Å². The number of nitrogens with zero attached hydrogens (tertiary/aromatic N) is 4. The monoisotopic (exact) mass is 309 g/mol. The maximum absolute atomic E-state index is 11.4. The topological polar surface area (TPSA) is 125 Å². The molecule has 0 bridgehead atoms. The van der Waals surface area contributed by atoms with Crippen molar-refractivity contribution < 1.29 is 5.11 Å². The summed E-state index contributed by atoms with van der Waals surface area (Å²) in [6.45, 7) is -0.177. The molecule has 0 aliphatic heterocycles. The van der Waals surface area contributed by atoms with Crippen molar-refractivity contribution in [3.8, 4) is 0 Å². The van der Waals surface area contributed by atoms with Gasteiger partial charge in [-0.25, -0.2) is 4.79 Å². The van der Waals surface area contributed by atoms with Crippen molar-refractivity contribution in [1.29, 1.82) is 0 Å². The predicted molar refractivity (Wildman–Crippen MR) is 76.2 cm³/mol. The van der Waals surface area contributed by atoms with E-state index < -0.39 is 11.7 Å². The fraction of sp³-hybridized carbons (Fsp3) is 0.273. The Morgan fingerprint density at radius 1 is 1.48 bits per heavy atom. The zero-order valence-electron chi connectivity index (χ0n) is 11.0. The first-order chi connectivity index (χ1) is 10.1. The molecule has 0 aromatic carbocycles. The Kier molecular flexibility index (Phi) is 3.35. The average Bonchev–Trinajstić information content (AvgIpc) is 3.01. The van der Waals surface area contributed by atoms with Gasteiger partial charge in [-0.05, 0) is 11.6 Å². The summed E-state index contributed by atoms with van der Waals surface area (Å²) in [5.74, 6) is 0.325. The molecule has 3 aromatic heterocycles. The summed E-state index contributed by atoms with van der Waals surface area (Å²) in [5, 5.41) is 16.6. The molecule has 3 aromatic rings. The van der Waals surface area contributed by atoms with Crippen molar-refractivity contribution >= 4 is 28.6 Å². The number of rotatable bonds is 4. The minimum absolute atomic E-state index is 0.0110.